The molecule has 4 nitrogen and oxygen atoms in total. The number of nitrogens with one attached hydrogen (secondary N) is 1. The van der Waals surface area contributed by atoms with E-state index in [0.717, 1.165) is 18.4 Å². The first-order chi connectivity index (χ1) is 9.91. The molecule has 0 bridgehead atoms. The van der Waals surface area contributed by atoms with E-state index >= 15 is 0 Å². The van der Waals surface area contributed by atoms with Crippen LogP contribution >= 0.6 is 0 Å². The quantitative estimate of drug-likeness (QED) is 0.909. The molecule has 0 radical (unpaired) electrons. The topological polar surface area (TPSA) is 49.4 Å². The summed E-state index contributed by atoms with van der Waals surface area (Å²) in [4.78, 5) is 0.466. The summed E-state index contributed by atoms with van der Waals surface area (Å²) in [6.07, 6.45) is 4.27. The maximum Gasteiger partial charge on any atom is 0.243 e. The number of benzene rings is 1. The molecule has 1 N–H and O–H groups in total. The van der Waals surface area contributed by atoms with Crippen LogP contribution in [0.3, 0.4) is 0 Å². The fraction of sp³-hybridized carbons (Fsp3) is 0.625. The van der Waals surface area contributed by atoms with Gasteiger partial charge in [0.25, 0.3) is 0 Å². The first-order valence-corrected chi connectivity index (χ1v) is 9.19. The number of hydrogen-bond acceptors (Lipinski definition) is 3. The molecule has 0 amide bonds. The Morgan fingerprint density at radius 3 is 2.62 bits per heavy atom. The second-order valence-corrected chi connectivity index (χ2v) is 8.59. The largest absolute Gasteiger partial charge is 0.310 e. The van der Waals surface area contributed by atoms with Crippen LogP contribution in [0.1, 0.15) is 45.1 Å². The highest BCUT2D eigenvalue weighted by molar-refractivity contribution is 7.89. The van der Waals surface area contributed by atoms with Crippen LogP contribution in [-0.2, 0) is 16.6 Å². The Labute approximate surface area is 127 Å². The first-order valence-electron chi connectivity index (χ1n) is 7.75. The van der Waals surface area contributed by atoms with E-state index in [0.29, 0.717) is 24.0 Å². The molecule has 1 aliphatic carbocycles. The van der Waals surface area contributed by atoms with Crippen molar-refractivity contribution in [2.24, 2.45) is 0 Å². The van der Waals surface area contributed by atoms with Crippen molar-refractivity contribution in [3.63, 3.8) is 0 Å². The predicted octanol–water partition coefficient (Wildman–Crippen LogP) is 2.50. The molecule has 1 aromatic rings. The van der Waals surface area contributed by atoms with Crippen LogP contribution < -0.4 is 5.32 Å². The van der Waals surface area contributed by atoms with Crippen molar-refractivity contribution in [2.75, 3.05) is 6.54 Å². The van der Waals surface area contributed by atoms with Crippen molar-refractivity contribution in [3.05, 3.63) is 29.8 Å². The highest BCUT2D eigenvalue weighted by Crippen LogP contribution is 2.35. The average Bonchev–Trinajstić information content (AvgIpc) is 3.19. The zero-order chi connectivity index (χ0) is 15.1. The fourth-order valence-corrected chi connectivity index (χ4v) is 5.16. The second-order valence-electron chi connectivity index (χ2n) is 6.76. The molecular formula is C16H24N2O2S. The van der Waals surface area contributed by atoms with E-state index in [4.69, 9.17) is 0 Å². The van der Waals surface area contributed by atoms with Gasteiger partial charge in [0, 0.05) is 24.7 Å². The van der Waals surface area contributed by atoms with E-state index in [1.807, 2.05) is 32.0 Å². The number of rotatable bonds is 5. The summed E-state index contributed by atoms with van der Waals surface area (Å²) in [5, 5.41) is 3.41. The lowest BCUT2D eigenvalue weighted by molar-refractivity contribution is 0.291. The van der Waals surface area contributed by atoms with Gasteiger partial charge in [0.1, 0.15) is 0 Å². The third-order valence-electron chi connectivity index (χ3n) is 4.52. The Bertz CT molecular complexity index is 621. The van der Waals surface area contributed by atoms with Crippen LogP contribution in [0.25, 0.3) is 0 Å². The lowest BCUT2D eigenvalue weighted by Crippen LogP contribution is -2.42. The lowest BCUT2D eigenvalue weighted by Gasteiger charge is -2.31. The minimum Gasteiger partial charge on any atom is -0.310 e. The number of hydrogen-bond donors (Lipinski definition) is 1. The van der Waals surface area contributed by atoms with Crippen LogP contribution in [0.4, 0.5) is 0 Å². The zero-order valence-electron chi connectivity index (χ0n) is 12.8. The molecule has 1 heterocycles. The highest BCUT2D eigenvalue weighted by atomic mass is 32.2. The molecule has 116 valence electrons. The third-order valence-corrected chi connectivity index (χ3v) is 6.74. The lowest BCUT2D eigenvalue weighted by atomic mass is 10.0. The van der Waals surface area contributed by atoms with Gasteiger partial charge >= 0.3 is 0 Å². The van der Waals surface area contributed by atoms with Gasteiger partial charge in [-0.2, -0.15) is 4.31 Å². The van der Waals surface area contributed by atoms with E-state index in [9.17, 15) is 8.42 Å². The summed E-state index contributed by atoms with van der Waals surface area (Å²) >= 11 is 0. The summed E-state index contributed by atoms with van der Waals surface area (Å²) < 4.78 is 27.7. The molecule has 0 atom stereocenters. The minimum absolute atomic E-state index is 0.282. The average molecular weight is 308 g/mol. The number of sulfonamides is 1. The van der Waals surface area contributed by atoms with Gasteiger partial charge in [0.2, 0.25) is 10.0 Å². The van der Waals surface area contributed by atoms with Crippen LogP contribution in [0.15, 0.2) is 29.2 Å². The zero-order valence-corrected chi connectivity index (χ0v) is 13.6. The summed E-state index contributed by atoms with van der Waals surface area (Å²) in [6.45, 7) is 5.29. The Morgan fingerprint density at radius 2 is 2.00 bits per heavy atom. The Morgan fingerprint density at radius 1 is 1.29 bits per heavy atom. The van der Waals surface area contributed by atoms with E-state index in [2.05, 4.69) is 5.32 Å². The standard InChI is InChI=1S/C16H24N2O2S/c1-16(2)10-5-11-18(16)21(19,20)15-7-4-3-6-13(15)12-17-14-8-9-14/h3-4,6-7,14,17H,5,8-12H2,1-2H3. The van der Waals surface area contributed by atoms with Gasteiger partial charge in [-0.05, 0) is 51.2 Å². The van der Waals surface area contributed by atoms with Crippen molar-refractivity contribution >= 4 is 10.0 Å². The van der Waals surface area contributed by atoms with E-state index < -0.39 is 10.0 Å². The van der Waals surface area contributed by atoms with E-state index in [1.165, 1.54) is 12.8 Å². The Balaban J connectivity index is 1.91. The van der Waals surface area contributed by atoms with E-state index in [1.54, 1.807) is 10.4 Å². The van der Waals surface area contributed by atoms with Crippen LogP contribution in [0, 0.1) is 0 Å². The summed E-state index contributed by atoms with van der Waals surface area (Å²) in [7, 11) is -3.41. The van der Waals surface area contributed by atoms with Gasteiger partial charge in [-0.1, -0.05) is 18.2 Å². The van der Waals surface area contributed by atoms with Gasteiger partial charge in [-0.15, -0.1) is 0 Å². The molecule has 1 aliphatic heterocycles. The predicted molar refractivity (Wildman–Crippen MR) is 83.5 cm³/mol. The normalized spacial score (nSPS) is 22.6. The molecular weight excluding hydrogens is 284 g/mol. The molecule has 1 aromatic carbocycles. The maximum atomic E-state index is 13.0. The van der Waals surface area contributed by atoms with Crippen molar-refractivity contribution in [1.29, 1.82) is 0 Å². The number of nitrogens with zero attached hydrogens (tertiary/aromatic N) is 1. The van der Waals surface area contributed by atoms with E-state index in [-0.39, 0.29) is 5.54 Å². The molecule has 5 heteroatoms. The SMILES string of the molecule is CC1(C)CCCN1S(=O)(=O)c1ccccc1CNC1CC1. The molecule has 1 saturated heterocycles. The van der Waals surface area contributed by atoms with Gasteiger partial charge in [-0.25, -0.2) is 8.42 Å². The molecule has 2 fully saturated rings. The van der Waals surface area contributed by atoms with Crippen LogP contribution in [0.2, 0.25) is 0 Å². The van der Waals surface area contributed by atoms with Crippen LogP contribution in [-0.4, -0.2) is 30.8 Å². The monoisotopic (exact) mass is 308 g/mol. The minimum atomic E-state index is -3.41. The van der Waals surface area contributed by atoms with Crippen LogP contribution in [0.5, 0.6) is 0 Å². The molecule has 21 heavy (non-hydrogen) atoms. The molecule has 3 rings (SSSR count). The molecule has 2 aliphatic rings. The third kappa shape index (κ3) is 3.00. The molecule has 0 unspecified atom stereocenters. The second kappa shape index (κ2) is 5.38. The summed E-state index contributed by atoms with van der Waals surface area (Å²) in [6, 6.07) is 7.97. The molecule has 0 aromatic heterocycles. The first kappa shape index (κ1) is 15.0. The van der Waals surface area contributed by atoms with Gasteiger partial charge in [-0.3, -0.25) is 0 Å². The smallest absolute Gasteiger partial charge is 0.243 e. The Kier molecular flexibility index (Phi) is 3.84. The summed E-state index contributed by atoms with van der Waals surface area (Å²) in [5.41, 5.74) is 0.600. The highest BCUT2D eigenvalue weighted by Gasteiger charge is 2.41. The van der Waals surface area contributed by atoms with Crippen molar-refractivity contribution < 1.29 is 8.42 Å². The maximum absolute atomic E-state index is 13.0. The molecule has 0 spiro atoms. The van der Waals surface area contributed by atoms with Crippen molar-refractivity contribution in [3.8, 4) is 0 Å². The van der Waals surface area contributed by atoms with Gasteiger partial charge in [0.05, 0.1) is 4.90 Å². The van der Waals surface area contributed by atoms with Gasteiger partial charge < -0.3 is 5.32 Å². The molecule has 1 saturated carbocycles. The fourth-order valence-electron chi connectivity index (χ4n) is 3.09. The Hall–Kier alpha value is -0.910. The van der Waals surface area contributed by atoms with Gasteiger partial charge in [0.15, 0.2) is 0 Å². The van der Waals surface area contributed by atoms with Crippen molar-refractivity contribution in [1.82, 2.24) is 9.62 Å². The summed E-state index contributed by atoms with van der Waals surface area (Å²) in [5.74, 6) is 0. The van der Waals surface area contributed by atoms with Crippen molar-refractivity contribution in [2.45, 2.75) is 62.6 Å².